The van der Waals surface area contributed by atoms with Gasteiger partial charge in [0.1, 0.15) is 32.5 Å². The molecule has 2 aromatic heterocycles. The molecule has 0 saturated carbocycles. The summed E-state index contributed by atoms with van der Waals surface area (Å²) in [7, 11) is 1.66. The molecule has 0 amide bonds. The average Bonchev–Trinajstić information content (AvgIpc) is 2.91. The van der Waals surface area contributed by atoms with Gasteiger partial charge >= 0.3 is 0 Å². The first kappa shape index (κ1) is 12.4. The Hall–Kier alpha value is -1.66. The van der Waals surface area contributed by atoms with Gasteiger partial charge in [-0.2, -0.15) is 0 Å². The zero-order valence-electron chi connectivity index (χ0n) is 10.5. The van der Waals surface area contributed by atoms with Crippen molar-refractivity contribution in [3.8, 4) is 16.3 Å². The van der Waals surface area contributed by atoms with E-state index >= 15 is 0 Å². The van der Waals surface area contributed by atoms with E-state index in [4.69, 9.17) is 4.74 Å². The standard InChI is InChI=1S/C13H11N3OS2/c1-17-9-5-3-4-8(6-9)11-16-10-12(18-2)14-7-15-13(10)19-11/h3-7H,1-2H3. The molecule has 19 heavy (non-hydrogen) atoms. The number of thiazole rings is 1. The van der Waals surface area contributed by atoms with Crippen molar-refractivity contribution in [1.82, 2.24) is 15.0 Å². The fraction of sp³-hybridized carbons (Fsp3) is 0.154. The van der Waals surface area contributed by atoms with Crippen molar-refractivity contribution in [2.75, 3.05) is 13.4 Å². The number of rotatable bonds is 3. The van der Waals surface area contributed by atoms with Crippen LogP contribution in [0, 0.1) is 0 Å². The average molecular weight is 289 g/mol. The number of aromatic nitrogens is 3. The van der Waals surface area contributed by atoms with Gasteiger partial charge < -0.3 is 4.74 Å². The van der Waals surface area contributed by atoms with Gasteiger partial charge in [-0.1, -0.05) is 23.5 Å². The van der Waals surface area contributed by atoms with E-state index < -0.39 is 0 Å². The predicted octanol–water partition coefficient (Wildman–Crippen LogP) is 3.48. The van der Waals surface area contributed by atoms with Gasteiger partial charge in [0.15, 0.2) is 0 Å². The van der Waals surface area contributed by atoms with Crippen molar-refractivity contribution in [3.05, 3.63) is 30.6 Å². The second-order valence-electron chi connectivity index (χ2n) is 3.79. The third kappa shape index (κ3) is 2.29. The fourth-order valence-corrected chi connectivity index (χ4v) is 3.22. The van der Waals surface area contributed by atoms with Crippen molar-refractivity contribution in [2.45, 2.75) is 5.03 Å². The molecule has 0 radical (unpaired) electrons. The van der Waals surface area contributed by atoms with Crippen LogP contribution in [0.1, 0.15) is 0 Å². The van der Waals surface area contributed by atoms with Crippen molar-refractivity contribution >= 4 is 33.4 Å². The Balaban J connectivity index is 2.15. The minimum absolute atomic E-state index is 0.827. The number of fused-ring (bicyclic) bond motifs is 1. The Kier molecular flexibility index (Phi) is 3.35. The minimum Gasteiger partial charge on any atom is -0.497 e. The van der Waals surface area contributed by atoms with Crippen molar-refractivity contribution in [1.29, 1.82) is 0 Å². The Morgan fingerprint density at radius 2 is 2.16 bits per heavy atom. The summed E-state index contributed by atoms with van der Waals surface area (Å²) in [6, 6.07) is 7.88. The van der Waals surface area contributed by atoms with Gasteiger partial charge in [0.05, 0.1) is 7.11 Å². The van der Waals surface area contributed by atoms with Crippen LogP contribution in [-0.4, -0.2) is 28.3 Å². The molecule has 3 aromatic rings. The molecule has 1 aromatic carbocycles. The zero-order valence-corrected chi connectivity index (χ0v) is 12.1. The molecule has 3 rings (SSSR count). The Morgan fingerprint density at radius 1 is 1.26 bits per heavy atom. The van der Waals surface area contributed by atoms with Crippen molar-refractivity contribution in [3.63, 3.8) is 0 Å². The molecule has 0 aliphatic carbocycles. The number of ether oxygens (including phenoxy) is 1. The third-order valence-corrected chi connectivity index (χ3v) is 4.37. The highest BCUT2D eigenvalue weighted by Crippen LogP contribution is 2.33. The molecule has 2 heterocycles. The molecular formula is C13H11N3OS2. The summed E-state index contributed by atoms with van der Waals surface area (Å²) in [6.07, 6.45) is 3.58. The number of nitrogens with zero attached hydrogens (tertiary/aromatic N) is 3. The first-order chi connectivity index (χ1) is 9.31. The summed E-state index contributed by atoms with van der Waals surface area (Å²) in [6.45, 7) is 0. The van der Waals surface area contributed by atoms with Gasteiger partial charge in [0.2, 0.25) is 0 Å². The van der Waals surface area contributed by atoms with Crippen LogP contribution < -0.4 is 4.74 Å². The summed E-state index contributed by atoms with van der Waals surface area (Å²) in [4.78, 5) is 14.1. The van der Waals surface area contributed by atoms with E-state index in [1.165, 1.54) is 0 Å². The van der Waals surface area contributed by atoms with Crippen molar-refractivity contribution < 1.29 is 4.74 Å². The van der Waals surface area contributed by atoms with Crippen LogP contribution in [0.2, 0.25) is 0 Å². The minimum atomic E-state index is 0.827. The first-order valence-corrected chi connectivity index (χ1v) is 7.66. The lowest BCUT2D eigenvalue weighted by Gasteiger charge is -2.00. The number of thioether (sulfide) groups is 1. The van der Waals surface area contributed by atoms with Gasteiger partial charge in [0.25, 0.3) is 0 Å². The van der Waals surface area contributed by atoms with E-state index in [9.17, 15) is 0 Å². The van der Waals surface area contributed by atoms with E-state index in [1.54, 1.807) is 36.5 Å². The Labute approximate surface area is 118 Å². The summed E-state index contributed by atoms with van der Waals surface area (Å²) in [5, 5.41) is 1.85. The molecule has 0 aliphatic heterocycles. The van der Waals surface area contributed by atoms with E-state index in [1.807, 2.05) is 30.5 Å². The van der Waals surface area contributed by atoms with E-state index in [-0.39, 0.29) is 0 Å². The van der Waals surface area contributed by atoms with Gasteiger partial charge in [0, 0.05) is 5.56 Å². The first-order valence-electron chi connectivity index (χ1n) is 5.62. The molecule has 0 bridgehead atoms. The maximum absolute atomic E-state index is 5.24. The lowest BCUT2D eigenvalue weighted by molar-refractivity contribution is 0.415. The van der Waals surface area contributed by atoms with Crippen LogP contribution in [-0.2, 0) is 0 Å². The second kappa shape index (κ2) is 5.14. The molecule has 96 valence electrons. The molecule has 0 atom stereocenters. The number of hydrogen-bond donors (Lipinski definition) is 0. The molecule has 6 heteroatoms. The van der Waals surface area contributed by atoms with Crippen LogP contribution >= 0.6 is 23.1 Å². The van der Waals surface area contributed by atoms with Crippen LogP contribution in [0.5, 0.6) is 5.75 Å². The van der Waals surface area contributed by atoms with Gasteiger partial charge in [-0.15, -0.1) is 11.8 Å². The SMILES string of the molecule is COc1cccc(-c2nc3c(SC)ncnc3s2)c1. The molecule has 4 nitrogen and oxygen atoms in total. The van der Waals surface area contributed by atoms with E-state index in [0.29, 0.717) is 0 Å². The smallest absolute Gasteiger partial charge is 0.148 e. The second-order valence-corrected chi connectivity index (χ2v) is 5.56. The highest BCUT2D eigenvalue weighted by Gasteiger charge is 2.11. The zero-order chi connectivity index (χ0) is 13.2. The topological polar surface area (TPSA) is 47.9 Å². The fourth-order valence-electron chi connectivity index (χ4n) is 1.76. The number of hydrogen-bond acceptors (Lipinski definition) is 6. The van der Waals surface area contributed by atoms with Crippen LogP contribution in [0.3, 0.4) is 0 Å². The quantitative estimate of drug-likeness (QED) is 0.545. The monoisotopic (exact) mass is 289 g/mol. The number of methoxy groups -OCH3 is 1. The molecule has 0 aliphatic rings. The summed E-state index contributed by atoms with van der Waals surface area (Å²) >= 11 is 3.15. The Bertz CT molecular complexity index is 727. The van der Waals surface area contributed by atoms with Gasteiger partial charge in [-0.25, -0.2) is 15.0 Å². The highest BCUT2D eigenvalue weighted by molar-refractivity contribution is 7.98. The Morgan fingerprint density at radius 3 is 2.95 bits per heavy atom. The van der Waals surface area contributed by atoms with Crippen LogP contribution in [0.4, 0.5) is 0 Å². The molecule has 0 spiro atoms. The normalized spacial score (nSPS) is 10.8. The lowest BCUT2D eigenvalue weighted by Crippen LogP contribution is -1.84. The predicted molar refractivity (Wildman–Crippen MR) is 79.0 cm³/mol. The highest BCUT2D eigenvalue weighted by atomic mass is 32.2. The third-order valence-electron chi connectivity index (χ3n) is 2.67. The van der Waals surface area contributed by atoms with Crippen molar-refractivity contribution in [2.24, 2.45) is 0 Å². The maximum atomic E-state index is 5.24. The summed E-state index contributed by atoms with van der Waals surface area (Å²) < 4.78 is 5.24. The molecule has 0 N–H and O–H groups in total. The molecule has 0 fully saturated rings. The molecule has 0 saturated heterocycles. The summed E-state index contributed by atoms with van der Waals surface area (Å²) in [5.74, 6) is 0.827. The van der Waals surface area contributed by atoms with Gasteiger partial charge in [-0.3, -0.25) is 0 Å². The lowest BCUT2D eigenvalue weighted by atomic mass is 10.2. The van der Waals surface area contributed by atoms with E-state index in [2.05, 4.69) is 15.0 Å². The van der Waals surface area contributed by atoms with E-state index in [0.717, 1.165) is 31.7 Å². The maximum Gasteiger partial charge on any atom is 0.148 e. The van der Waals surface area contributed by atoms with Crippen LogP contribution in [0.15, 0.2) is 35.6 Å². The largest absolute Gasteiger partial charge is 0.497 e. The summed E-state index contributed by atoms with van der Waals surface area (Å²) in [5.41, 5.74) is 1.91. The number of benzene rings is 1. The van der Waals surface area contributed by atoms with Gasteiger partial charge in [-0.05, 0) is 18.4 Å². The molecule has 0 unspecified atom stereocenters. The van der Waals surface area contributed by atoms with Crippen LogP contribution in [0.25, 0.3) is 20.9 Å². The molecular weight excluding hydrogens is 278 g/mol.